The van der Waals surface area contributed by atoms with Gasteiger partial charge in [-0.3, -0.25) is 4.79 Å². The second-order valence-electron chi connectivity index (χ2n) is 4.39. The highest BCUT2D eigenvalue weighted by molar-refractivity contribution is 5.87. The highest BCUT2D eigenvalue weighted by Gasteiger charge is 2.12. The van der Waals surface area contributed by atoms with Crippen LogP contribution in [-0.4, -0.2) is 27.0 Å². The Balaban J connectivity index is 2.36. The van der Waals surface area contributed by atoms with E-state index in [9.17, 15) is 4.79 Å². The summed E-state index contributed by atoms with van der Waals surface area (Å²) < 4.78 is 5.67. The van der Waals surface area contributed by atoms with Crippen LogP contribution in [0.3, 0.4) is 0 Å². The third-order valence-electron chi connectivity index (χ3n) is 2.48. The van der Waals surface area contributed by atoms with Crippen LogP contribution < -0.4 is 10.5 Å². The third-order valence-corrected chi connectivity index (χ3v) is 2.48. The Labute approximate surface area is 110 Å². The van der Waals surface area contributed by atoms with Gasteiger partial charge in [0, 0.05) is 6.20 Å². The number of amides is 1. The lowest BCUT2D eigenvalue weighted by atomic mass is 10.1. The molecule has 0 aliphatic heterocycles. The predicted molar refractivity (Wildman–Crippen MR) is 71.7 cm³/mol. The van der Waals surface area contributed by atoms with Crippen molar-refractivity contribution < 1.29 is 9.53 Å². The first-order chi connectivity index (χ1) is 9.08. The first kappa shape index (κ1) is 13.1. The van der Waals surface area contributed by atoms with Crippen LogP contribution in [0.1, 0.15) is 19.4 Å². The fourth-order valence-electron chi connectivity index (χ4n) is 1.77. The molecule has 0 radical (unpaired) electrons. The number of H-pyrrole nitrogens is 1. The Morgan fingerprint density at radius 1 is 1.53 bits per heavy atom. The fourth-order valence-corrected chi connectivity index (χ4v) is 1.77. The summed E-state index contributed by atoms with van der Waals surface area (Å²) >= 11 is 0. The number of hydrogen-bond acceptors (Lipinski definition) is 4. The number of fused-ring (bicyclic) bond motifs is 1. The number of hydrogen-bond donors (Lipinski definition) is 2. The molecule has 0 saturated carbocycles. The van der Waals surface area contributed by atoms with Crippen molar-refractivity contribution in [2.24, 2.45) is 5.73 Å². The van der Waals surface area contributed by atoms with Gasteiger partial charge in [0.15, 0.2) is 0 Å². The molecule has 2 rings (SSSR count). The number of carbonyl (C=O) groups is 1. The van der Waals surface area contributed by atoms with Crippen molar-refractivity contribution in [1.29, 1.82) is 0 Å². The van der Waals surface area contributed by atoms with Gasteiger partial charge in [-0.05, 0) is 31.9 Å². The van der Waals surface area contributed by atoms with Crippen LogP contribution in [0.2, 0.25) is 0 Å². The van der Waals surface area contributed by atoms with Gasteiger partial charge in [-0.2, -0.15) is 0 Å². The van der Waals surface area contributed by atoms with Gasteiger partial charge in [-0.15, -0.1) is 0 Å². The van der Waals surface area contributed by atoms with E-state index in [1.807, 2.05) is 20.0 Å². The van der Waals surface area contributed by atoms with Crippen molar-refractivity contribution in [3.05, 3.63) is 30.2 Å². The molecular weight excluding hydrogens is 244 g/mol. The van der Waals surface area contributed by atoms with Crippen molar-refractivity contribution in [3.63, 3.8) is 0 Å². The highest BCUT2D eigenvalue weighted by Crippen LogP contribution is 2.26. The standard InChI is InChI=1S/C13H16N4O2/c1-8(2)19-13-11-9(4-3-5-10(14)18)6-15-12(11)16-7-17-13/h3,5-8H,4H2,1-2H3,(H2,14,18)(H,15,16,17)/b5-3+. The van der Waals surface area contributed by atoms with Crippen molar-refractivity contribution in [3.8, 4) is 5.88 Å². The zero-order chi connectivity index (χ0) is 13.8. The maximum Gasteiger partial charge on any atom is 0.241 e. The Kier molecular flexibility index (Phi) is 3.79. The van der Waals surface area contributed by atoms with E-state index in [2.05, 4.69) is 15.0 Å². The second kappa shape index (κ2) is 5.51. The summed E-state index contributed by atoms with van der Waals surface area (Å²) in [5.41, 5.74) is 6.74. The Morgan fingerprint density at radius 2 is 2.32 bits per heavy atom. The maximum atomic E-state index is 10.7. The second-order valence-corrected chi connectivity index (χ2v) is 4.39. The van der Waals surface area contributed by atoms with Crippen LogP contribution in [0.4, 0.5) is 0 Å². The topological polar surface area (TPSA) is 93.9 Å². The molecule has 0 bridgehead atoms. The molecule has 6 nitrogen and oxygen atoms in total. The molecule has 0 aliphatic rings. The summed E-state index contributed by atoms with van der Waals surface area (Å²) in [6.45, 7) is 3.88. The van der Waals surface area contributed by atoms with Crippen LogP contribution in [0.25, 0.3) is 11.0 Å². The number of nitrogens with zero attached hydrogens (tertiary/aromatic N) is 2. The van der Waals surface area contributed by atoms with Crippen molar-refractivity contribution in [2.75, 3.05) is 0 Å². The summed E-state index contributed by atoms with van der Waals surface area (Å²) in [5, 5.41) is 0.838. The molecule has 0 unspecified atom stereocenters. The molecule has 0 atom stereocenters. The molecule has 6 heteroatoms. The third kappa shape index (κ3) is 3.09. The fraction of sp³-hybridized carbons (Fsp3) is 0.308. The van der Waals surface area contributed by atoms with Gasteiger partial charge in [0.1, 0.15) is 12.0 Å². The first-order valence-electron chi connectivity index (χ1n) is 6.01. The van der Waals surface area contributed by atoms with Crippen molar-refractivity contribution in [2.45, 2.75) is 26.4 Å². The molecule has 2 aromatic rings. The minimum Gasteiger partial charge on any atom is -0.474 e. The highest BCUT2D eigenvalue weighted by atomic mass is 16.5. The van der Waals surface area contributed by atoms with Gasteiger partial charge in [0.2, 0.25) is 11.8 Å². The van der Waals surface area contributed by atoms with Crippen LogP contribution in [-0.2, 0) is 11.2 Å². The van der Waals surface area contributed by atoms with Gasteiger partial charge in [-0.1, -0.05) is 6.08 Å². The Morgan fingerprint density at radius 3 is 3.00 bits per heavy atom. The average molecular weight is 260 g/mol. The molecule has 3 N–H and O–H groups in total. The van der Waals surface area contributed by atoms with E-state index in [1.54, 1.807) is 6.08 Å². The minimum absolute atomic E-state index is 0.0296. The quantitative estimate of drug-likeness (QED) is 0.793. The number of nitrogens with one attached hydrogen (secondary N) is 1. The van der Waals surface area contributed by atoms with Crippen LogP contribution in [0.15, 0.2) is 24.7 Å². The number of aromatic nitrogens is 3. The number of carbonyl (C=O) groups excluding carboxylic acids is 1. The molecule has 19 heavy (non-hydrogen) atoms. The maximum absolute atomic E-state index is 10.7. The lowest BCUT2D eigenvalue weighted by molar-refractivity contribution is -0.113. The lowest BCUT2D eigenvalue weighted by Gasteiger charge is -2.09. The SMILES string of the molecule is CC(C)Oc1ncnc2[nH]cc(C/C=C/C(N)=O)c12. The van der Waals surface area contributed by atoms with Crippen LogP contribution >= 0.6 is 0 Å². The monoisotopic (exact) mass is 260 g/mol. The average Bonchev–Trinajstić information content (AvgIpc) is 2.72. The zero-order valence-corrected chi connectivity index (χ0v) is 10.9. The summed E-state index contributed by atoms with van der Waals surface area (Å²) in [5.74, 6) is 0.0819. The summed E-state index contributed by atoms with van der Waals surface area (Å²) in [7, 11) is 0. The van der Waals surface area contributed by atoms with E-state index in [-0.39, 0.29) is 6.10 Å². The van der Waals surface area contributed by atoms with E-state index < -0.39 is 5.91 Å². The number of rotatable bonds is 5. The molecule has 0 saturated heterocycles. The molecule has 2 heterocycles. The van der Waals surface area contributed by atoms with Gasteiger partial charge in [0.25, 0.3) is 0 Å². The van der Waals surface area contributed by atoms with E-state index in [0.717, 1.165) is 10.9 Å². The zero-order valence-electron chi connectivity index (χ0n) is 10.9. The lowest BCUT2D eigenvalue weighted by Crippen LogP contribution is -2.07. The number of ether oxygens (including phenoxy) is 1. The Hall–Kier alpha value is -2.37. The molecule has 2 aromatic heterocycles. The molecule has 0 fully saturated rings. The number of allylic oxidation sites excluding steroid dienone is 1. The summed E-state index contributed by atoms with van der Waals surface area (Å²) in [6.07, 6.45) is 6.92. The summed E-state index contributed by atoms with van der Waals surface area (Å²) in [6, 6.07) is 0. The van der Waals surface area contributed by atoms with E-state index in [0.29, 0.717) is 17.9 Å². The van der Waals surface area contributed by atoms with E-state index in [1.165, 1.54) is 12.4 Å². The molecular formula is C13H16N4O2. The summed E-state index contributed by atoms with van der Waals surface area (Å²) in [4.78, 5) is 22.0. The number of primary amides is 1. The first-order valence-corrected chi connectivity index (χ1v) is 6.01. The number of aromatic amines is 1. The number of nitrogens with two attached hydrogens (primary N) is 1. The molecule has 100 valence electrons. The Bertz CT molecular complexity index is 616. The molecule has 0 aromatic carbocycles. The molecule has 1 amide bonds. The van der Waals surface area contributed by atoms with E-state index >= 15 is 0 Å². The van der Waals surface area contributed by atoms with Gasteiger partial charge in [0.05, 0.1) is 11.5 Å². The van der Waals surface area contributed by atoms with Crippen LogP contribution in [0.5, 0.6) is 5.88 Å². The largest absolute Gasteiger partial charge is 0.474 e. The van der Waals surface area contributed by atoms with Crippen molar-refractivity contribution in [1.82, 2.24) is 15.0 Å². The molecule has 0 aliphatic carbocycles. The molecule has 0 spiro atoms. The predicted octanol–water partition coefficient (Wildman–Crippen LogP) is 1.33. The smallest absolute Gasteiger partial charge is 0.241 e. The van der Waals surface area contributed by atoms with Crippen LogP contribution in [0, 0.1) is 0 Å². The van der Waals surface area contributed by atoms with Gasteiger partial charge < -0.3 is 15.5 Å². The van der Waals surface area contributed by atoms with Gasteiger partial charge >= 0.3 is 0 Å². The van der Waals surface area contributed by atoms with Crippen molar-refractivity contribution >= 4 is 16.9 Å². The van der Waals surface area contributed by atoms with Gasteiger partial charge in [-0.25, -0.2) is 9.97 Å². The van der Waals surface area contributed by atoms with E-state index in [4.69, 9.17) is 10.5 Å². The minimum atomic E-state index is -0.463. The normalized spacial score (nSPS) is 11.5.